The molecule has 1 N–H and O–H groups in total. The van der Waals surface area contributed by atoms with E-state index in [0.29, 0.717) is 12.0 Å². The average Bonchev–Trinajstić information content (AvgIpc) is 2.84. The van der Waals surface area contributed by atoms with E-state index in [1.807, 2.05) is 20.9 Å². The van der Waals surface area contributed by atoms with Crippen LogP contribution in [-0.4, -0.2) is 36.0 Å². The molecule has 5 heteroatoms. The van der Waals surface area contributed by atoms with Gasteiger partial charge in [0.1, 0.15) is 5.76 Å². The first kappa shape index (κ1) is 13.9. The number of rotatable bonds is 2. The third kappa shape index (κ3) is 3.28. The van der Waals surface area contributed by atoms with Crippen molar-refractivity contribution in [2.45, 2.75) is 40.7 Å². The SMILES string of the molecule is CN=C(NCc1nc(C)c(C)o1)N1CCC(C)(C)C1. The predicted molar refractivity (Wildman–Crippen MR) is 76.1 cm³/mol. The normalized spacial score (nSPS) is 19.0. The highest BCUT2D eigenvalue weighted by Crippen LogP contribution is 2.28. The molecule has 1 aromatic rings. The van der Waals surface area contributed by atoms with Crippen molar-refractivity contribution in [3.63, 3.8) is 0 Å². The maximum atomic E-state index is 5.57. The van der Waals surface area contributed by atoms with Gasteiger partial charge in [0, 0.05) is 20.1 Å². The monoisotopic (exact) mass is 264 g/mol. The molecule has 0 spiro atoms. The number of nitrogens with zero attached hydrogens (tertiary/aromatic N) is 3. The van der Waals surface area contributed by atoms with E-state index < -0.39 is 0 Å². The van der Waals surface area contributed by atoms with Gasteiger partial charge < -0.3 is 14.6 Å². The lowest BCUT2D eigenvalue weighted by molar-refractivity contribution is 0.368. The summed E-state index contributed by atoms with van der Waals surface area (Å²) in [5.41, 5.74) is 1.32. The first-order valence-corrected chi connectivity index (χ1v) is 6.80. The van der Waals surface area contributed by atoms with Gasteiger partial charge in [-0.15, -0.1) is 0 Å². The fourth-order valence-corrected chi connectivity index (χ4v) is 2.39. The van der Waals surface area contributed by atoms with Crippen molar-refractivity contribution in [3.8, 4) is 0 Å². The molecule has 106 valence electrons. The molecule has 0 aliphatic carbocycles. The van der Waals surface area contributed by atoms with E-state index in [0.717, 1.165) is 36.4 Å². The largest absolute Gasteiger partial charge is 0.444 e. The number of oxazole rings is 1. The Morgan fingerprint density at radius 2 is 2.21 bits per heavy atom. The molecule has 1 aliphatic rings. The van der Waals surface area contributed by atoms with Crippen LogP contribution in [0, 0.1) is 19.3 Å². The molecular formula is C14H24N4O. The summed E-state index contributed by atoms with van der Waals surface area (Å²) in [6, 6.07) is 0. The third-order valence-corrected chi connectivity index (χ3v) is 3.66. The summed E-state index contributed by atoms with van der Waals surface area (Å²) < 4.78 is 5.57. The molecule has 1 aromatic heterocycles. The lowest BCUT2D eigenvalue weighted by atomic mass is 9.93. The Morgan fingerprint density at radius 1 is 1.47 bits per heavy atom. The van der Waals surface area contributed by atoms with Crippen molar-refractivity contribution in [3.05, 3.63) is 17.3 Å². The number of guanidine groups is 1. The number of aliphatic imine (C=N–C) groups is 1. The number of hydrogen-bond donors (Lipinski definition) is 1. The first-order chi connectivity index (χ1) is 8.91. The molecule has 0 aromatic carbocycles. The molecular weight excluding hydrogens is 240 g/mol. The number of aromatic nitrogens is 1. The van der Waals surface area contributed by atoms with Gasteiger partial charge in [0.05, 0.1) is 12.2 Å². The maximum Gasteiger partial charge on any atom is 0.214 e. The Bertz CT molecular complexity index is 456. The van der Waals surface area contributed by atoms with Crippen LogP contribution < -0.4 is 5.32 Å². The maximum absolute atomic E-state index is 5.57. The minimum absolute atomic E-state index is 0.369. The molecule has 0 unspecified atom stereocenters. The predicted octanol–water partition coefficient (Wildman–Crippen LogP) is 2.10. The highest BCUT2D eigenvalue weighted by atomic mass is 16.4. The van der Waals surface area contributed by atoms with Crippen LogP contribution in [0.2, 0.25) is 0 Å². The molecule has 2 rings (SSSR count). The van der Waals surface area contributed by atoms with Crippen molar-refractivity contribution in [2.75, 3.05) is 20.1 Å². The molecule has 5 nitrogen and oxygen atoms in total. The fraction of sp³-hybridized carbons (Fsp3) is 0.714. The zero-order valence-corrected chi connectivity index (χ0v) is 12.6. The Hall–Kier alpha value is -1.52. The van der Waals surface area contributed by atoms with Crippen LogP contribution in [0.15, 0.2) is 9.41 Å². The van der Waals surface area contributed by atoms with Crippen LogP contribution in [0.3, 0.4) is 0 Å². The van der Waals surface area contributed by atoms with Gasteiger partial charge in [-0.05, 0) is 25.7 Å². The van der Waals surface area contributed by atoms with Crippen LogP contribution in [0.5, 0.6) is 0 Å². The third-order valence-electron chi connectivity index (χ3n) is 3.66. The topological polar surface area (TPSA) is 53.7 Å². The van der Waals surface area contributed by atoms with Gasteiger partial charge in [-0.2, -0.15) is 0 Å². The van der Waals surface area contributed by atoms with Crippen LogP contribution in [0.25, 0.3) is 0 Å². The number of nitrogens with one attached hydrogen (secondary N) is 1. The van der Waals surface area contributed by atoms with Gasteiger partial charge in [-0.3, -0.25) is 4.99 Å². The van der Waals surface area contributed by atoms with Gasteiger partial charge in [-0.1, -0.05) is 13.8 Å². The van der Waals surface area contributed by atoms with E-state index in [1.165, 1.54) is 6.42 Å². The molecule has 0 saturated carbocycles. The van der Waals surface area contributed by atoms with Gasteiger partial charge in [-0.25, -0.2) is 4.98 Å². The molecule has 1 saturated heterocycles. The Balaban J connectivity index is 1.94. The summed E-state index contributed by atoms with van der Waals surface area (Å²) in [6.07, 6.45) is 1.20. The molecule has 19 heavy (non-hydrogen) atoms. The molecule has 0 bridgehead atoms. The van der Waals surface area contributed by atoms with E-state index in [-0.39, 0.29) is 0 Å². The highest BCUT2D eigenvalue weighted by Gasteiger charge is 2.30. The minimum atomic E-state index is 0.369. The van der Waals surface area contributed by atoms with E-state index in [2.05, 4.69) is 34.0 Å². The molecule has 1 aliphatic heterocycles. The van der Waals surface area contributed by atoms with E-state index in [9.17, 15) is 0 Å². The average molecular weight is 264 g/mol. The standard InChI is InChI=1S/C14H24N4O/c1-10-11(2)19-12(17-10)8-16-13(15-5)18-7-6-14(3,4)9-18/h6-9H2,1-5H3,(H,15,16). The number of likely N-dealkylation sites (tertiary alicyclic amines) is 1. The minimum Gasteiger partial charge on any atom is -0.444 e. The van der Waals surface area contributed by atoms with Crippen molar-refractivity contribution in [1.82, 2.24) is 15.2 Å². The van der Waals surface area contributed by atoms with Crippen LogP contribution in [-0.2, 0) is 6.54 Å². The zero-order valence-electron chi connectivity index (χ0n) is 12.6. The Labute approximate surface area is 115 Å². The number of aryl methyl sites for hydroxylation is 2. The van der Waals surface area contributed by atoms with Crippen LogP contribution in [0.1, 0.15) is 37.6 Å². The van der Waals surface area contributed by atoms with Gasteiger partial charge in [0.2, 0.25) is 5.89 Å². The lowest BCUT2D eigenvalue weighted by Gasteiger charge is -2.23. The summed E-state index contributed by atoms with van der Waals surface area (Å²) in [5, 5.41) is 3.33. The molecule has 0 radical (unpaired) electrons. The summed E-state index contributed by atoms with van der Waals surface area (Å²) in [5.74, 6) is 2.53. The van der Waals surface area contributed by atoms with Gasteiger partial charge in [0.25, 0.3) is 0 Å². The second kappa shape index (κ2) is 5.23. The van der Waals surface area contributed by atoms with Crippen molar-refractivity contribution < 1.29 is 4.42 Å². The van der Waals surface area contributed by atoms with Crippen molar-refractivity contribution in [1.29, 1.82) is 0 Å². The lowest BCUT2D eigenvalue weighted by Crippen LogP contribution is -2.40. The molecule has 0 amide bonds. The Kier molecular flexibility index (Phi) is 3.83. The molecule has 1 fully saturated rings. The van der Waals surface area contributed by atoms with E-state index in [1.54, 1.807) is 0 Å². The summed E-state index contributed by atoms with van der Waals surface area (Å²) in [6.45, 7) is 11.1. The summed E-state index contributed by atoms with van der Waals surface area (Å²) in [7, 11) is 1.82. The second-order valence-corrected chi connectivity index (χ2v) is 5.99. The smallest absolute Gasteiger partial charge is 0.214 e. The van der Waals surface area contributed by atoms with Crippen molar-refractivity contribution >= 4 is 5.96 Å². The quantitative estimate of drug-likeness (QED) is 0.656. The van der Waals surface area contributed by atoms with Crippen LogP contribution in [0.4, 0.5) is 0 Å². The zero-order chi connectivity index (χ0) is 14.0. The van der Waals surface area contributed by atoms with Crippen molar-refractivity contribution in [2.24, 2.45) is 10.4 Å². The van der Waals surface area contributed by atoms with Gasteiger partial charge >= 0.3 is 0 Å². The van der Waals surface area contributed by atoms with E-state index >= 15 is 0 Å². The Morgan fingerprint density at radius 3 is 2.68 bits per heavy atom. The highest BCUT2D eigenvalue weighted by molar-refractivity contribution is 5.80. The number of hydrogen-bond acceptors (Lipinski definition) is 3. The first-order valence-electron chi connectivity index (χ1n) is 6.80. The van der Waals surface area contributed by atoms with Crippen LogP contribution >= 0.6 is 0 Å². The second-order valence-electron chi connectivity index (χ2n) is 5.99. The summed E-state index contributed by atoms with van der Waals surface area (Å²) in [4.78, 5) is 11.0. The fourth-order valence-electron chi connectivity index (χ4n) is 2.39. The summed E-state index contributed by atoms with van der Waals surface area (Å²) >= 11 is 0. The van der Waals surface area contributed by atoms with Gasteiger partial charge in [0.15, 0.2) is 5.96 Å². The molecule has 0 atom stereocenters. The van der Waals surface area contributed by atoms with E-state index in [4.69, 9.17) is 4.42 Å². The molecule has 2 heterocycles.